The summed E-state index contributed by atoms with van der Waals surface area (Å²) in [6.45, 7) is 3.94. The summed E-state index contributed by atoms with van der Waals surface area (Å²) in [6, 6.07) is 3.87. The highest BCUT2D eigenvalue weighted by atomic mass is 19.1. The molecule has 3 heterocycles. The van der Waals surface area contributed by atoms with Gasteiger partial charge in [-0.15, -0.1) is 5.10 Å². The topological polar surface area (TPSA) is 163 Å². The van der Waals surface area contributed by atoms with Crippen molar-refractivity contribution >= 4 is 23.4 Å². The van der Waals surface area contributed by atoms with Crippen LogP contribution in [0.25, 0.3) is 5.69 Å². The van der Waals surface area contributed by atoms with Crippen molar-refractivity contribution in [1.82, 2.24) is 30.3 Å². The number of ether oxygens (including phenoxy) is 1. The van der Waals surface area contributed by atoms with E-state index in [1.807, 2.05) is 13.0 Å². The molecule has 0 aromatic carbocycles. The van der Waals surface area contributed by atoms with Crippen molar-refractivity contribution in [3.63, 3.8) is 0 Å². The number of nitriles is 1. The maximum Gasteiger partial charge on any atom is 0.404 e. The molecule has 1 aliphatic rings. The van der Waals surface area contributed by atoms with Gasteiger partial charge in [-0.1, -0.05) is 5.21 Å². The van der Waals surface area contributed by atoms with E-state index in [1.54, 1.807) is 19.2 Å². The van der Waals surface area contributed by atoms with E-state index in [0.29, 0.717) is 23.9 Å². The van der Waals surface area contributed by atoms with Crippen LogP contribution >= 0.6 is 0 Å². The minimum Gasteiger partial charge on any atom is -0.476 e. The number of amides is 1. The molecule has 1 aliphatic carbocycles. The molecule has 1 fully saturated rings. The van der Waals surface area contributed by atoms with E-state index in [4.69, 9.17) is 9.84 Å². The van der Waals surface area contributed by atoms with Gasteiger partial charge >= 0.3 is 6.09 Å². The molecule has 0 aliphatic heterocycles. The Morgan fingerprint density at radius 1 is 1.40 bits per heavy atom. The van der Waals surface area contributed by atoms with Gasteiger partial charge in [-0.3, -0.25) is 0 Å². The molecular weight excluding hydrogens is 457 g/mol. The Labute approximate surface area is 200 Å². The van der Waals surface area contributed by atoms with E-state index in [0.717, 1.165) is 18.9 Å². The van der Waals surface area contributed by atoms with Crippen molar-refractivity contribution in [1.29, 1.82) is 5.26 Å². The molecular formula is C22H24FN9O3. The van der Waals surface area contributed by atoms with Crippen LogP contribution in [0.15, 0.2) is 30.7 Å². The summed E-state index contributed by atoms with van der Waals surface area (Å²) in [5.41, 5.74) is 0.958. The van der Waals surface area contributed by atoms with Crippen molar-refractivity contribution < 1.29 is 19.0 Å². The summed E-state index contributed by atoms with van der Waals surface area (Å²) in [5, 5.41) is 34.9. The summed E-state index contributed by atoms with van der Waals surface area (Å²) in [4.78, 5) is 19.7. The van der Waals surface area contributed by atoms with E-state index in [2.05, 4.69) is 36.2 Å². The zero-order valence-corrected chi connectivity index (χ0v) is 19.1. The van der Waals surface area contributed by atoms with Gasteiger partial charge < -0.3 is 25.8 Å². The van der Waals surface area contributed by atoms with E-state index in [1.165, 1.54) is 17.1 Å². The largest absolute Gasteiger partial charge is 0.476 e. The Hall–Kier alpha value is -4.47. The second-order valence-corrected chi connectivity index (χ2v) is 8.03. The zero-order chi connectivity index (χ0) is 24.9. The number of aromatic nitrogens is 5. The van der Waals surface area contributed by atoms with Gasteiger partial charge in [0.2, 0.25) is 5.88 Å². The Morgan fingerprint density at radius 2 is 2.20 bits per heavy atom. The van der Waals surface area contributed by atoms with Gasteiger partial charge in [0.15, 0.2) is 17.5 Å². The summed E-state index contributed by atoms with van der Waals surface area (Å²) < 4.78 is 21.9. The molecule has 0 radical (unpaired) electrons. The second-order valence-electron chi connectivity index (χ2n) is 8.03. The number of nitrogens with one attached hydrogen (secondary N) is 3. The van der Waals surface area contributed by atoms with Gasteiger partial charge in [0.1, 0.15) is 11.8 Å². The molecule has 35 heavy (non-hydrogen) atoms. The van der Waals surface area contributed by atoms with Crippen LogP contribution in [0.2, 0.25) is 0 Å². The molecule has 13 heteroatoms. The molecule has 1 saturated carbocycles. The Balaban J connectivity index is 1.64. The Morgan fingerprint density at radius 3 is 2.83 bits per heavy atom. The third-order valence-corrected chi connectivity index (χ3v) is 5.46. The van der Waals surface area contributed by atoms with Crippen LogP contribution in [0, 0.1) is 23.1 Å². The van der Waals surface area contributed by atoms with Crippen LogP contribution < -0.4 is 20.7 Å². The predicted octanol–water partition coefficient (Wildman–Crippen LogP) is 3.06. The monoisotopic (exact) mass is 481 g/mol. The van der Waals surface area contributed by atoms with Crippen LogP contribution in [0.5, 0.6) is 5.88 Å². The van der Waals surface area contributed by atoms with Crippen LogP contribution in [0.1, 0.15) is 32.3 Å². The minimum atomic E-state index is -1.16. The highest BCUT2D eigenvalue weighted by molar-refractivity contribution is 5.67. The lowest BCUT2D eigenvalue weighted by Gasteiger charge is -2.26. The third kappa shape index (κ3) is 5.55. The van der Waals surface area contributed by atoms with E-state index >= 15 is 0 Å². The number of anilines is 3. The Bertz CT molecular complexity index is 1240. The molecule has 0 unspecified atom stereocenters. The maximum atomic E-state index is 14.8. The van der Waals surface area contributed by atoms with Gasteiger partial charge in [0, 0.05) is 6.04 Å². The number of carboxylic acid groups (broad SMARTS) is 1. The van der Waals surface area contributed by atoms with E-state index in [9.17, 15) is 14.4 Å². The number of pyridine rings is 2. The molecule has 3 aromatic rings. The Kier molecular flexibility index (Phi) is 6.91. The first-order chi connectivity index (χ1) is 16.9. The molecule has 0 saturated heterocycles. The van der Waals surface area contributed by atoms with Crippen LogP contribution in [0.4, 0.5) is 26.5 Å². The predicted molar refractivity (Wildman–Crippen MR) is 123 cm³/mol. The summed E-state index contributed by atoms with van der Waals surface area (Å²) >= 11 is 0. The molecule has 4 N–H and O–H groups in total. The number of hydrogen-bond donors (Lipinski definition) is 4. The number of nitrogens with zero attached hydrogens (tertiary/aromatic N) is 6. The van der Waals surface area contributed by atoms with Gasteiger partial charge in [0.25, 0.3) is 0 Å². The molecule has 182 valence electrons. The molecule has 0 spiro atoms. The van der Waals surface area contributed by atoms with Gasteiger partial charge in [-0.05, 0) is 44.7 Å². The molecule has 1 amide bonds. The second kappa shape index (κ2) is 10.2. The van der Waals surface area contributed by atoms with Gasteiger partial charge in [-0.2, -0.15) is 5.26 Å². The summed E-state index contributed by atoms with van der Waals surface area (Å²) in [5.74, 6) is -0.164. The minimum absolute atomic E-state index is 0.0103. The van der Waals surface area contributed by atoms with E-state index in [-0.39, 0.29) is 29.2 Å². The molecule has 2 atom stereocenters. The smallest absolute Gasteiger partial charge is 0.404 e. The fourth-order valence-corrected chi connectivity index (χ4v) is 3.71. The lowest BCUT2D eigenvalue weighted by atomic mass is 10.0. The van der Waals surface area contributed by atoms with Crippen molar-refractivity contribution in [2.45, 2.75) is 38.8 Å². The molecule has 4 rings (SSSR count). The average Bonchev–Trinajstić information content (AvgIpc) is 3.51. The quantitative estimate of drug-likeness (QED) is 0.338. The SMILES string of the molecule is CCOc1ncc(Nc2nc(N[C@@H](C3CC3)[C@H](C)NC(=O)O)c(F)cc2C#N)cc1-n1ccnn1. The van der Waals surface area contributed by atoms with Crippen LogP contribution in [-0.4, -0.2) is 54.9 Å². The summed E-state index contributed by atoms with van der Waals surface area (Å²) in [6.07, 6.45) is 5.28. The zero-order valence-electron chi connectivity index (χ0n) is 19.1. The molecule has 3 aromatic heterocycles. The van der Waals surface area contributed by atoms with Gasteiger partial charge in [0.05, 0.1) is 42.5 Å². The van der Waals surface area contributed by atoms with Crippen molar-refractivity contribution in [3.05, 3.63) is 42.1 Å². The number of hydrogen-bond acceptors (Lipinski definition) is 9. The van der Waals surface area contributed by atoms with Crippen molar-refractivity contribution in [2.24, 2.45) is 5.92 Å². The number of carbonyl (C=O) groups is 1. The average molecular weight is 481 g/mol. The highest BCUT2D eigenvalue weighted by Gasteiger charge is 2.36. The number of halogens is 1. The first-order valence-electron chi connectivity index (χ1n) is 11.0. The van der Waals surface area contributed by atoms with Crippen LogP contribution in [0.3, 0.4) is 0 Å². The normalized spacial score (nSPS) is 14.5. The maximum absolute atomic E-state index is 14.8. The first-order valence-corrected chi connectivity index (χ1v) is 11.0. The van der Waals surface area contributed by atoms with Gasteiger partial charge in [-0.25, -0.2) is 23.8 Å². The molecule has 0 bridgehead atoms. The lowest BCUT2D eigenvalue weighted by molar-refractivity contribution is 0.188. The first kappa shape index (κ1) is 23.7. The molecule has 12 nitrogen and oxygen atoms in total. The fraction of sp³-hybridized carbons (Fsp3) is 0.364. The highest BCUT2D eigenvalue weighted by Crippen LogP contribution is 2.36. The van der Waals surface area contributed by atoms with E-state index < -0.39 is 18.0 Å². The number of rotatable bonds is 10. The summed E-state index contributed by atoms with van der Waals surface area (Å²) in [7, 11) is 0. The van der Waals surface area contributed by atoms with Crippen molar-refractivity contribution in [2.75, 3.05) is 17.2 Å². The van der Waals surface area contributed by atoms with Crippen molar-refractivity contribution in [3.8, 4) is 17.6 Å². The third-order valence-electron chi connectivity index (χ3n) is 5.46. The standard InChI is InChI=1S/C22H24FN9O3/c1-3-35-21-17(32-7-6-26-31-32)9-15(11-25-21)28-19-14(10-24)8-16(23)20(30-19)29-18(13-4-5-13)12(2)27-22(33)34/h6-9,11-13,18,27H,3-5H2,1-2H3,(H,33,34)(H2,28,29,30)/t12-,18+/m0/s1. The lowest BCUT2D eigenvalue weighted by Crippen LogP contribution is -2.45. The fourth-order valence-electron chi connectivity index (χ4n) is 3.71. The van der Waals surface area contributed by atoms with Crippen LogP contribution in [-0.2, 0) is 0 Å².